The number of hydrogen-bond acceptors (Lipinski definition) is 8. The first-order chi connectivity index (χ1) is 31.0. The van der Waals surface area contributed by atoms with E-state index in [1.165, 1.54) is 64.0 Å². The number of carbonyl (C=O) groups excluding carboxylic acids is 2. The van der Waals surface area contributed by atoms with Gasteiger partial charge in [0.15, 0.2) is 0 Å². The molecule has 3 aromatic rings. The van der Waals surface area contributed by atoms with E-state index in [9.17, 15) is 19.8 Å². The number of allylic oxidation sites excluding steroid dienone is 1. The van der Waals surface area contributed by atoms with Crippen molar-refractivity contribution in [2.24, 2.45) is 23.7 Å². The fraction of sp³-hybridized carbons (Fsp3) is 0.600. The molecule has 10 nitrogen and oxygen atoms in total. The number of aliphatic hydroxyl groups excluding tert-OH is 2. The van der Waals surface area contributed by atoms with Crippen molar-refractivity contribution in [2.45, 2.75) is 176 Å². The minimum absolute atomic E-state index is 0.0722. The van der Waals surface area contributed by atoms with Gasteiger partial charge in [-0.25, -0.2) is 0 Å². The maximum absolute atomic E-state index is 13.7. The Balaban J connectivity index is 1.13. The summed E-state index contributed by atoms with van der Waals surface area (Å²) in [5.41, 5.74) is 9.77. The summed E-state index contributed by atoms with van der Waals surface area (Å²) >= 11 is 0. The largest absolute Gasteiger partial charge is 0.512 e. The highest BCUT2D eigenvalue weighted by molar-refractivity contribution is 5.96. The molecule has 2 aliphatic heterocycles. The fourth-order valence-corrected chi connectivity index (χ4v) is 11.3. The first kappa shape index (κ1) is 48.1. The molecule has 4 N–H and O–H groups in total. The lowest BCUT2D eigenvalue weighted by Crippen LogP contribution is -2.18. The lowest BCUT2D eigenvalue weighted by molar-refractivity contribution is -0.143. The molecular formula is C55H76N4O6. The predicted molar refractivity (Wildman–Crippen MR) is 261 cm³/mol. The average Bonchev–Trinajstić information content (AvgIpc) is 3.40. The van der Waals surface area contributed by atoms with Crippen LogP contribution in [0.4, 0.5) is 0 Å². The average molecular weight is 889 g/mol. The monoisotopic (exact) mass is 889 g/mol. The van der Waals surface area contributed by atoms with E-state index in [1.807, 2.05) is 19.9 Å². The summed E-state index contributed by atoms with van der Waals surface area (Å²) in [7, 11) is 1.33. The van der Waals surface area contributed by atoms with E-state index in [0.29, 0.717) is 28.4 Å². The summed E-state index contributed by atoms with van der Waals surface area (Å²) in [6.45, 7) is 21.5. The van der Waals surface area contributed by atoms with Crippen LogP contribution in [0.2, 0.25) is 0 Å². The number of aryl methyl sites for hydroxylation is 2. The molecule has 65 heavy (non-hydrogen) atoms. The van der Waals surface area contributed by atoms with Gasteiger partial charge in [-0.05, 0) is 119 Å². The summed E-state index contributed by atoms with van der Waals surface area (Å²) in [5, 5.41) is 24.2. The molecule has 8 atom stereocenters. The Bertz CT molecular complexity index is 2590. The molecule has 5 heterocycles. The molecular weight excluding hydrogens is 813 g/mol. The number of rotatable bonds is 18. The number of fused-ring (bicyclic) bond motifs is 8. The Kier molecular flexibility index (Phi) is 15.0. The molecule has 2 aliphatic carbocycles. The van der Waals surface area contributed by atoms with Crippen molar-refractivity contribution in [1.82, 2.24) is 19.9 Å². The van der Waals surface area contributed by atoms with Crippen LogP contribution in [-0.2, 0) is 19.1 Å². The number of aliphatic hydroxyl groups is 2. The van der Waals surface area contributed by atoms with Crippen LogP contribution in [-0.4, -0.2) is 55.8 Å². The Labute approximate surface area is 386 Å². The van der Waals surface area contributed by atoms with Crippen molar-refractivity contribution in [3.05, 3.63) is 79.8 Å². The molecule has 0 spiro atoms. The number of methoxy groups -OCH3 is 1. The highest BCUT2D eigenvalue weighted by Gasteiger charge is 2.42. The van der Waals surface area contributed by atoms with E-state index < -0.39 is 11.9 Å². The minimum Gasteiger partial charge on any atom is -0.512 e. The van der Waals surface area contributed by atoms with Crippen molar-refractivity contribution < 1.29 is 29.3 Å². The molecule has 1 fully saturated rings. The first-order valence-electron chi connectivity index (χ1n) is 24.8. The van der Waals surface area contributed by atoms with Crippen molar-refractivity contribution in [2.75, 3.05) is 13.7 Å². The van der Waals surface area contributed by atoms with Gasteiger partial charge in [-0.1, -0.05) is 85.6 Å². The molecule has 4 aliphatic rings. The lowest BCUT2D eigenvalue weighted by atomic mass is 9.84. The topological polar surface area (TPSA) is 150 Å². The van der Waals surface area contributed by atoms with Gasteiger partial charge >= 0.3 is 11.9 Å². The van der Waals surface area contributed by atoms with Crippen LogP contribution in [0.25, 0.3) is 33.6 Å². The molecule has 10 heteroatoms. The highest BCUT2D eigenvalue weighted by atomic mass is 16.5. The fourth-order valence-electron chi connectivity index (χ4n) is 11.3. The zero-order chi connectivity index (χ0) is 46.9. The number of hydrogen-bond donors (Lipinski definition) is 4. The number of H-pyrrole nitrogens is 2. The minimum atomic E-state index is -1.08. The van der Waals surface area contributed by atoms with Crippen LogP contribution in [0.1, 0.15) is 201 Å². The van der Waals surface area contributed by atoms with Crippen LogP contribution in [0.3, 0.4) is 0 Å². The van der Waals surface area contributed by atoms with Gasteiger partial charge in [0.2, 0.25) is 0 Å². The van der Waals surface area contributed by atoms with E-state index in [-0.39, 0.29) is 54.2 Å². The second kappa shape index (κ2) is 20.3. The van der Waals surface area contributed by atoms with E-state index in [0.717, 1.165) is 86.5 Å². The molecule has 3 aromatic heterocycles. The Morgan fingerprint density at radius 3 is 2.22 bits per heavy atom. The van der Waals surface area contributed by atoms with Crippen LogP contribution >= 0.6 is 0 Å². The highest BCUT2D eigenvalue weighted by Crippen LogP contribution is 2.48. The van der Waals surface area contributed by atoms with Crippen molar-refractivity contribution in [1.29, 1.82) is 0 Å². The van der Waals surface area contributed by atoms with Gasteiger partial charge in [0.05, 0.1) is 29.6 Å². The predicted octanol–water partition coefficient (Wildman–Crippen LogP) is 12.1. The zero-order valence-corrected chi connectivity index (χ0v) is 41.1. The summed E-state index contributed by atoms with van der Waals surface area (Å²) in [6, 6.07) is 6.13. The Morgan fingerprint density at radius 2 is 1.51 bits per heavy atom. The number of esters is 2. The van der Waals surface area contributed by atoms with Crippen molar-refractivity contribution >= 4 is 45.5 Å². The number of aromatic nitrogens is 4. The van der Waals surface area contributed by atoms with Crippen molar-refractivity contribution in [3.63, 3.8) is 0 Å². The van der Waals surface area contributed by atoms with Crippen LogP contribution < -0.4 is 10.4 Å². The zero-order valence-electron chi connectivity index (χ0n) is 41.1. The maximum atomic E-state index is 13.7. The molecule has 0 radical (unpaired) electrons. The maximum Gasteiger partial charge on any atom is 0.321 e. The lowest BCUT2D eigenvalue weighted by Gasteiger charge is -2.19. The van der Waals surface area contributed by atoms with E-state index in [2.05, 4.69) is 76.6 Å². The second-order valence-corrected chi connectivity index (χ2v) is 20.6. The van der Waals surface area contributed by atoms with E-state index in [1.54, 1.807) is 6.92 Å². The van der Waals surface area contributed by atoms with E-state index in [4.69, 9.17) is 19.4 Å². The molecule has 1 saturated carbocycles. The Hall–Kier alpha value is -4.86. The summed E-state index contributed by atoms with van der Waals surface area (Å²) < 4.78 is 11.1. The van der Waals surface area contributed by atoms with Gasteiger partial charge in [0.25, 0.3) is 0 Å². The third kappa shape index (κ3) is 10.3. The number of ether oxygens (including phenoxy) is 2. The normalized spacial score (nSPS) is 23.5. The Morgan fingerprint density at radius 1 is 0.846 bits per heavy atom. The summed E-state index contributed by atoms with van der Waals surface area (Å²) in [6.07, 6.45) is 15.2. The summed E-state index contributed by atoms with van der Waals surface area (Å²) in [4.78, 5) is 44.8. The summed E-state index contributed by atoms with van der Waals surface area (Å²) in [5.74, 6) is 1.35. The number of carbonyl (C=O) groups is 2. The first-order valence-corrected chi connectivity index (χ1v) is 24.8. The third-order valence-electron chi connectivity index (χ3n) is 15.5. The van der Waals surface area contributed by atoms with Gasteiger partial charge < -0.3 is 29.7 Å². The van der Waals surface area contributed by atoms with Crippen molar-refractivity contribution in [3.8, 4) is 0 Å². The number of nitrogens with one attached hydrogen (secondary N) is 2. The third-order valence-corrected chi connectivity index (χ3v) is 15.5. The van der Waals surface area contributed by atoms with E-state index >= 15 is 0 Å². The SMILES string of the molecule is CC[C@H]1c2cc3[nH]c4c(c5nc(cc6[nH]c(cc(n2)[C@@H]1C)c(=C(C)O)c6C)[C@@H](C)[C@@H]5CCC(=O)OC/C=C(/C)CCC1C[C@@H]1CCC[C@H](C)CCCC(C)C)[C@@H](C(=O)OC)C(O)=c4c3C. The smallest absolute Gasteiger partial charge is 0.321 e. The standard InChI is InChI=1S/C55H76N4O6/c1-12-39-32(6)41-28-46-48(36(10)60)34(8)43(57-46)26-42-33(7)40(52(58-42)50-51(55(63)64-11)54(62)49-35(9)44(59-53(49)50)27-45(39)56-41)21-22-47(61)65-24-23-31(5)19-20-38-25-37(38)18-14-17-30(4)16-13-15-29(2)3/h23,26-30,32-33,37-40,51,57,59-60,62H,12-22,24-25H2,1-11H3/b31-23-,42-26?,45-27?,46-28?,48-36?/t30-,32-,33+,37+,38?,39-,40+,51-/m1/s1. The van der Waals surface area contributed by atoms with Gasteiger partial charge in [-0.15, -0.1) is 0 Å². The van der Waals surface area contributed by atoms with Crippen LogP contribution in [0.5, 0.6) is 0 Å². The molecule has 7 rings (SSSR count). The quantitative estimate of drug-likeness (QED) is 0.0728. The molecule has 0 saturated heterocycles. The van der Waals surface area contributed by atoms with Gasteiger partial charge in [-0.2, -0.15) is 0 Å². The van der Waals surface area contributed by atoms with Gasteiger partial charge in [-0.3, -0.25) is 19.6 Å². The van der Waals surface area contributed by atoms with Crippen LogP contribution in [0.15, 0.2) is 29.8 Å². The molecule has 0 aromatic carbocycles. The number of aromatic amines is 2. The molecule has 1 unspecified atom stereocenters. The molecule has 352 valence electrons. The molecule has 0 amide bonds. The van der Waals surface area contributed by atoms with Gasteiger partial charge in [0, 0.05) is 74.2 Å². The van der Waals surface area contributed by atoms with Crippen LogP contribution in [0, 0.1) is 37.5 Å². The second-order valence-electron chi connectivity index (χ2n) is 20.6. The molecule has 8 bridgehead atoms. The number of nitrogens with zero attached hydrogens (tertiary/aromatic N) is 2. The van der Waals surface area contributed by atoms with Gasteiger partial charge in [0.1, 0.15) is 18.3 Å².